The van der Waals surface area contributed by atoms with Crippen LogP contribution in [0.5, 0.6) is 5.75 Å². The monoisotopic (exact) mass is 277 g/mol. The number of ether oxygens (including phenoxy) is 1. The van der Waals surface area contributed by atoms with Gasteiger partial charge in [0.15, 0.2) is 6.61 Å². The van der Waals surface area contributed by atoms with Crippen LogP contribution in [-0.4, -0.2) is 25.0 Å². The van der Waals surface area contributed by atoms with Crippen molar-refractivity contribution in [3.05, 3.63) is 35.9 Å². The quantitative estimate of drug-likeness (QED) is 0.294. The van der Waals surface area contributed by atoms with E-state index in [0.717, 1.165) is 12.0 Å². The minimum absolute atomic E-state index is 0.0464. The first-order chi connectivity index (χ1) is 9.63. The average Bonchev–Trinajstić information content (AvgIpc) is 2.45. The number of hydrogen-bond acceptors (Lipinski definition) is 4. The molecule has 4 N–H and O–H groups in total. The summed E-state index contributed by atoms with van der Waals surface area (Å²) in [5.41, 5.74) is 2.86. The van der Waals surface area contributed by atoms with E-state index in [-0.39, 0.29) is 12.5 Å². The van der Waals surface area contributed by atoms with Crippen LogP contribution in [0.25, 0.3) is 6.08 Å². The molecule has 1 aromatic carbocycles. The standard InChI is InChI=1S/C14H19N3O3/c1-11(18)16-9-5-4-7-12-6-2-3-8-13(12)20-10-14(19)17-15/h2-4,6-8H,5,9-10,15H2,1H3,(H,16,18)(H,17,19). The molecule has 1 rings (SSSR count). The van der Waals surface area contributed by atoms with Gasteiger partial charge in [0.05, 0.1) is 0 Å². The first kappa shape index (κ1) is 15.7. The van der Waals surface area contributed by atoms with Gasteiger partial charge in [-0.15, -0.1) is 0 Å². The molecule has 2 amide bonds. The zero-order chi connectivity index (χ0) is 14.8. The topological polar surface area (TPSA) is 93.4 Å². The molecule has 0 aliphatic carbocycles. The fraction of sp³-hybridized carbons (Fsp3) is 0.286. The number of carbonyl (C=O) groups excluding carboxylic acids is 2. The normalized spacial score (nSPS) is 10.3. The number of rotatable bonds is 7. The molecule has 0 unspecified atom stereocenters. The highest BCUT2D eigenvalue weighted by Gasteiger charge is 2.03. The molecule has 0 atom stereocenters. The zero-order valence-corrected chi connectivity index (χ0v) is 11.4. The number of para-hydroxylation sites is 1. The Balaban J connectivity index is 2.54. The van der Waals surface area contributed by atoms with E-state index in [1.165, 1.54) is 6.92 Å². The van der Waals surface area contributed by atoms with E-state index in [1.807, 2.05) is 35.8 Å². The molecule has 0 aromatic heterocycles. The molecule has 0 radical (unpaired) electrons. The molecule has 0 aliphatic heterocycles. The van der Waals surface area contributed by atoms with E-state index < -0.39 is 5.91 Å². The number of nitrogens with one attached hydrogen (secondary N) is 2. The van der Waals surface area contributed by atoms with Crippen LogP contribution >= 0.6 is 0 Å². The van der Waals surface area contributed by atoms with Crippen LogP contribution in [0.4, 0.5) is 0 Å². The Morgan fingerprint density at radius 3 is 2.80 bits per heavy atom. The Morgan fingerprint density at radius 1 is 1.35 bits per heavy atom. The van der Waals surface area contributed by atoms with E-state index >= 15 is 0 Å². The molecule has 0 spiro atoms. The smallest absolute Gasteiger partial charge is 0.271 e. The molecular formula is C14H19N3O3. The second-order valence-electron chi connectivity index (χ2n) is 4.07. The van der Waals surface area contributed by atoms with Crippen LogP contribution in [0.3, 0.4) is 0 Å². The van der Waals surface area contributed by atoms with Crippen LogP contribution in [0, 0.1) is 0 Å². The summed E-state index contributed by atoms with van der Waals surface area (Å²) in [5, 5.41) is 2.71. The lowest BCUT2D eigenvalue weighted by Gasteiger charge is -2.08. The zero-order valence-electron chi connectivity index (χ0n) is 11.4. The molecule has 6 nitrogen and oxygen atoms in total. The number of amides is 2. The van der Waals surface area contributed by atoms with Gasteiger partial charge in [-0.25, -0.2) is 5.84 Å². The third kappa shape index (κ3) is 6.01. The van der Waals surface area contributed by atoms with Gasteiger partial charge < -0.3 is 10.1 Å². The Hall–Kier alpha value is -2.34. The molecule has 0 aliphatic rings. The van der Waals surface area contributed by atoms with Gasteiger partial charge in [0.25, 0.3) is 5.91 Å². The fourth-order valence-corrected chi connectivity index (χ4v) is 1.48. The Morgan fingerprint density at radius 2 is 2.10 bits per heavy atom. The van der Waals surface area contributed by atoms with Crippen molar-refractivity contribution in [2.24, 2.45) is 5.84 Å². The maximum Gasteiger partial charge on any atom is 0.271 e. The summed E-state index contributed by atoms with van der Waals surface area (Å²) >= 11 is 0. The van der Waals surface area contributed by atoms with Gasteiger partial charge in [0.1, 0.15) is 5.75 Å². The predicted molar refractivity (Wildman–Crippen MR) is 76.6 cm³/mol. The second kappa shape index (κ2) is 8.71. The molecular weight excluding hydrogens is 258 g/mol. The molecule has 0 bridgehead atoms. The van der Waals surface area contributed by atoms with E-state index in [2.05, 4.69) is 5.32 Å². The lowest BCUT2D eigenvalue weighted by atomic mass is 10.2. The number of hydrogen-bond donors (Lipinski definition) is 3. The Labute approximate surface area is 118 Å². The highest BCUT2D eigenvalue weighted by molar-refractivity contribution is 5.77. The lowest BCUT2D eigenvalue weighted by Crippen LogP contribution is -2.34. The van der Waals surface area contributed by atoms with Crippen molar-refractivity contribution in [3.63, 3.8) is 0 Å². The third-order valence-electron chi connectivity index (χ3n) is 2.42. The van der Waals surface area contributed by atoms with Crippen LogP contribution in [0.15, 0.2) is 30.3 Å². The lowest BCUT2D eigenvalue weighted by molar-refractivity contribution is -0.123. The van der Waals surface area contributed by atoms with Crippen LogP contribution in [0.2, 0.25) is 0 Å². The fourth-order valence-electron chi connectivity index (χ4n) is 1.48. The van der Waals surface area contributed by atoms with Crippen LogP contribution < -0.4 is 21.3 Å². The summed E-state index contributed by atoms with van der Waals surface area (Å²) in [5.74, 6) is 5.15. The maximum absolute atomic E-state index is 11.0. The number of carbonyl (C=O) groups is 2. The molecule has 0 saturated heterocycles. The Bertz CT molecular complexity index is 486. The van der Waals surface area contributed by atoms with Crippen LogP contribution in [-0.2, 0) is 9.59 Å². The van der Waals surface area contributed by atoms with E-state index in [1.54, 1.807) is 6.07 Å². The minimum Gasteiger partial charge on any atom is -0.483 e. The summed E-state index contributed by atoms with van der Waals surface area (Å²) in [7, 11) is 0. The number of benzene rings is 1. The van der Waals surface area contributed by atoms with Crippen molar-refractivity contribution in [2.75, 3.05) is 13.2 Å². The predicted octanol–water partition coefficient (Wildman–Crippen LogP) is 0.595. The molecule has 6 heteroatoms. The van der Waals surface area contributed by atoms with Gasteiger partial charge >= 0.3 is 0 Å². The van der Waals surface area contributed by atoms with Gasteiger partial charge in [0, 0.05) is 19.0 Å². The van der Waals surface area contributed by atoms with Gasteiger partial charge in [-0.1, -0.05) is 30.4 Å². The largest absolute Gasteiger partial charge is 0.483 e. The highest BCUT2D eigenvalue weighted by atomic mass is 16.5. The molecule has 0 saturated carbocycles. The van der Waals surface area contributed by atoms with E-state index in [0.29, 0.717) is 12.3 Å². The van der Waals surface area contributed by atoms with Gasteiger partial charge in [-0.2, -0.15) is 0 Å². The summed E-state index contributed by atoms with van der Waals surface area (Å²) in [6.07, 6.45) is 4.54. The van der Waals surface area contributed by atoms with E-state index in [9.17, 15) is 9.59 Å². The molecule has 0 heterocycles. The van der Waals surface area contributed by atoms with Crippen molar-refractivity contribution in [1.82, 2.24) is 10.7 Å². The van der Waals surface area contributed by atoms with Crippen LogP contribution in [0.1, 0.15) is 18.9 Å². The number of nitrogens with two attached hydrogens (primary N) is 1. The van der Waals surface area contributed by atoms with Gasteiger partial charge in [-0.3, -0.25) is 15.0 Å². The SMILES string of the molecule is CC(=O)NCCC=Cc1ccccc1OCC(=O)NN. The first-order valence-corrected chi connectivity index (χ1v) is 6.25. The highest BCUT2D eigenvalue weighted by Crippen LogP contribution is 2.19. The Kier molecular flexibility index (Phi) is 6.84. The molecule has 108 valence electrons. The van der Waals surface area contributed by atoms with Gasteiger partial charge in [-0.05, 0) is 12.5 Å². The van der Waals surface area contributed by atoms with Gasteiger partial charge in [0.2, 0.25) is 5.91 Å². The minimum atomic E-state index is -0.394. The third-order valence-corrected chi connectivity index (χ3v) is 2.42. The van der Waals surface area contributed by atoms with Crippen molar-refractivity contribution < 1.29 is 14.3 Å². The second-order valence-corrected chi connectivity index (χ2v) is 4.07. The van der Waals surface area contributed by atoms with Crippen molar-refractivity contribution in [1.29, 1.82) is 0 Å². The summed E-state index contributed by atoms with van der Waals surface area (Å²) < 4.78 is 5.37. The first-order valence-electron chi connectivity index (χ1n) is 6.25. The van der Waals surface area contributed by atoms with E-state index in [4.69, 9.17) is 10.6 Å². The summed E-state index contributed by atoms with van der Waals surface area (Å²) in [6, 6.07) is 7.36. The maximum atomic E-state index is 11.0. The van der Waals surface area contributed by atoms with Crippen molar-refractivity contribution in [3.8, 4) is 5.75 Å². The molecule has 1 aromatic rings. The molecule has 0 fully saturated rings. The van der Waals surface area contributed by atoms with Crippen molar-refractivity contribution in [2.45, 2.75) is 13.3 Å². The summed E-state index contributed by atoms with van der Waals surface area (Å²) in [4.78, 5) is 21.7. The molecule has 20 heavy (non-hydrogen) atoms. The average molecular weight is 277 g/mol. The summed E-state index contributed by atoms with van der Waals surface area (Å²) in [6.45, 7) is 1.94. The van der Waals surface area contributed by atoms with Crippen molar-refractivity contribution >= 4 is 17.9 Å². The number of hydrazine groups is 1.